The maximum atomic E-state index is 11.8. The number of hydrogen-bond acceptors (Lipinski definition) is 3. The first-order valence-corrected chi connectivity index (χ1v) is 6.02. The third-order valence-corrected chi connectivity index (χ3v) is 3.46. The van der Waals surface area contributed by atoms with Gasteiger partial charge in [0.05, 0.1) is 0 Å². The molecule has 2 aliphatic rings. The summed E-state index contributed by atoms with van der Waals surface area (Å²) in [5, 5.41) is 5.62. The summed E-state index contributed by atoms with van der Waals surface area (Å²) in [6.07, 6.45) is 5.25. The molecule has 4 N–H and O–H groups in total. The van der Waals surface area contributed by atoms with Gasteiger partial charge in [-0.05, 0) is 19.3 Å². The molecule has 0 unspecified atom stereocenters. The first-order valence-electron chi connectivity index (χ1n) is 6.02. The zero-order valence-electron chi connectivity index (χ0n) is 9.37. The Morgan fingerprint density at radius 2 is 2.06 bits per heavy atom. The third-order valence-electron chi connectivity index (χ3n) is 3.46. The Morgan fingerprint density at radius 1 is 1.31 bits per heavy atom. The summed E-state index contributed by atoms with van der Waals surface area (Å²) >= 11 is 0. The molecule has 0 aromatic rings. The lowest BCUT2D eigenvalue weighted by Gasteiger charge is -2.30. The largest absolute Gasteiger partial charge is 0.350 e. The average Bonchev–Trinajstić information content (AvgIpc) is 2.68. The zero-order valence-corrected chi connectivity index (χ0v) is 9.37. The number of nitrogens with two attached hydrogens (primary N) is 1. The molecule has 3 atom stereocenters. The van der Waals surface area contributed by atoms with Crippen molar-refractivity contribution in [3.63, 3.8) is 0 Å². The predicted molar refractivity (Wildman–Crippen MR) is 59.5 cm³/mol. The van der Waals surface area contributed by atoms with Crippen LogP contribution < -0.4 is 16.4 Å². The molecule has 1 aliphatic carbocycles. The molecule has 0 bridgehead atoms. The summed E-state index contributed by atoms with van der Waals surface area (Å²) in [5.74, 6) is -0.110. The van der Waals surface area contributed by atoms with Crippen molar-refractivity contribution < 1.29 is 9.59 Å². The van der Waals surface area contributed by atoms with Gasteiger partial charge in [0.2, 0.25) is 11.8 Å². The molecule has 1 saturated heterocycles. The lowest BCUT2D eigenvalue weighted by molar-refractivity contribution is -0.126. The molecule has 1 aliphatic heterocycles. The summed E-state index contributed by atoms with van der Waals surface area (Å²) in [5.41, 5.74) is 5.95. The molecule has 5 heteroatoms. The number of amides is 2. The Morgan fingerprint density at radius 3 is 2.69 bits per heavy atom. The van der Waals surface area contributed by atoms with E-state index in [1.807, 2.05) is 0 Å². The SMILES string of the molecule is N[C@@H]1CCCC[C@H]1NC(=O)[C@@H]1CCC(=O)N1. The Kier molecular flexibility index (Phi) is 3.43. The van der Waals surface area contributed by atoms with Crippen molar-refractivity contribution in [1.82, 2.24) is 10.6 Å². The van der Waals surface area contributed by atoms with Crippen LogP contribution in [-0.4, -0.2) is 29.9 Å². The molecule has 90 valence electrons. The second-order valence-corrected chi connectivity index (χ2v) is 4.72. The molecule has 1 saturated carbocycles. The van der Waals surface area contributed by atoms with Gasteiger partial charge in [0.25, 0.3) is 0 Å². The third kappa shape index (κ3) is 2.52. The van der Waals surface area contributed by atoms with E-state index in [1.165, 1.54) is 0 Å². The first kappa shape index (κ1) is 11.4. The van der Waals surface area contributed by atoms with E-state index in [0.717, 1.165) is 25.7 Å². The minimum atomic E-state index is -0.346. The number of carbonyl (C=O) groups excluding carboxylic acids is 2. The molecule has 0 aromatic carbocycles. The minimum absolute atomic E-state index is 0.0342. The molecule has 2 fully saturated rings. The Hall–Kier alpha value is -1.10. The van der Waals surface area contributed by atoms with Crippen molar-refractivity contribution in [3.8, 4) is 0 Å². The van der Waals surface area contributed by atoms with Crippen LogP contribution in [0.15, 0.2) is 0 Å². The van der Waals surface area contributed by atoms with Crippen LogP contribution in [0.3, 0.4) is 0 Å². The van der Waals surface area contributed by atoms with Crippen molar-refractivity contribution in [2.45, 2.75) is 56.7 Å². The van der Waals surface area contributed by atoms with E-state index in [1.54, 1.807) is 0 Å². The highest BCUT2D eigenvalue weighted by atomic mass is 16.2. The lowest BCUT2D eigenvalue weighted by atomic mass is 9.91. The van der Waals surface area contributed by atoms with Crippen LogP contribution in [0, 0.1) is 0 Å². The second-order valence-electron chi connectivity index (χ2n) is 4.72. The maximum absolute atomic E-state index is 11.8. The summed E-state index contributed by atoms with van der Waals surface area (Å²) in [4.78, 5) is 22.8. The standard InChI is InChI=1S/C11H19N3O2/c12-7-3-1-2-4-8(7)14-11(16)9-5-6-10(15)13-9/h7-9H,1-6,12H2,(H,13,15)(H,14,16)/t7-,8-,9+/m1/s1. The van der Waals surface area contributed by atoms with Crippen molar-refractivity contribution in [2.75, 3.05) is 0 Å². The van der Waals surface area contributed by atoms with E-state index < -0.39 is 0 Å². The molecular formula is C11H19N3O2. The minimum Gasteiger partial charge on any atom is -0.350 e. The highest BCUT2D eigenvalue weighted by Gasteiger charge is 2.30. The topological polar surface area (TPSA) is 84.2 Å². The van der Waals surface area contributed by atoms with Gasteiger partial charge in [-0.15, -0.1) is 0 Å². The average molecular weight is 225 g/mol. The van der Waals surface area contributed by atoms with Gasteiger partial charge >= 0.3 is 0 Å². The highest BCUT2D eigenvalue weighted by molar-refractivity contribution is 5.90. The van der Waals surface area contributed by atoms with Crippen LogP contribution >= 0.6 is 0 Å². The van der Waals surface area contributed by atoms with Crippen LogP contribution in [0.1, 0.15) is 38.5 Å². The molecular weight excluding hydrogens is 206 g/mol. The van der Waals surface area contributed by atoms with Crippen molar-refractivity contribution >= 4 is 11.8 Å². The van der Waals surface area contributed by atoms with Crippen LogP contribution in [-0.2, 0) is 9.59 Å². The monoisotopic (exact) mass is 225 g/mol. The van der Waals surface area contributed by atoms with Gasteiger partial charge in [0.15, 0.2) is 0 Å². The Bertz CT molecular complexity index is 293. The summed E-state index contributed by atoms with van der Waals surface area (Å²) < 4.78 is 0. The fraction of sp³-hybridized carbons (Fsp3) is 0.818. The molecule has 16 heavy (non-hydrogen) atoms. The van der Waals surface area contributed by atoms with Crippen LogP contribution in [0.25, 0.3) is 0 Å². The summed E-state index contributed by atoms with van der Waals surface area (Å²) in [6, 6.07) is -0.199. The van der Waals surface area contributed by atoms with Crippen LogP contribution in [0.5, 0.6) is 0 Å². The summed E-state index contributed by atoms with van der Waals surface area (Å²) in [6.45, 7) is 0. The lowest BCUT2D eigenvalue weighted by Crippen LogP contribution is -2.53. The molecule has 5 nitrogen and oxygen atoms in total. The maximum Gasteiger partial charge on any atom is 0.242 e. The Labute approximate surface area is 95.1 Å². The fourth-order valence-electron chi connectivity index (χ4n) is 2.43. The van der Waals surface area contributed by atoms with Gasteiger partial charge in [-0.1, -0.05) is 12.8 Å². The molecule has 0 spiro atoms. The second kappa shape index (κ2) is 4.82. The smallest absolute Gasteiger partial charge is 0.242 e. The summed E-state index contributed by atoms with van der Waals surface area (Å²) in [7, 11) is 0. The van der Waals surface area contributed by atoms with Crippen LogP contribution in [0.2, 0.25) is 0 Å². The van der Waals surface area contributed by atoms with E-state index >= 15 is 0 Å². The van der Waals surface area contributed by atoms with Gasteiger partial charge < -0.3 is 16.4 Å². The van der Waals surface area contributed by atoms with Crippen molar-refractivity contribution in [2.24, 2.45) is 5.73 Å². The fourth-order valence-corrected chi connectivity index (χ4v) is 2.43. The highest BCUT2D eigenvalue weighted by Crippen LogP contribution is 2.17. The van der Waals surface area contributed by atoms with E-state index in [4.69, 9.17) is 5.73 Å². The normalized spacial score (nSPS) is 34.6. The van der Waals surface area contributed by atoms with E-state index in [0.29, 0.717) is 12.8 Å². The van der Waals surface area contributed by atoms with Gasteiger partial charge in [0, 0.05) is 18.5 Å². The van der Waals surface area contributed by atoms with Gasteiger partial charge in [-0.3, -0.25) is 9.59 Å². The number of carbonyl (C=O) groups is 2. The zero-order chi connectivity index (χ0) is 11.5. The van der Waals surface area contributed by atoms with Gasteiger partial charge in [-0.25, -0.2) is 0 Å². The number of rotatable bonds is 2. The van der Waals surface area contributed by atoms with Gasteiger partial charge in [0.1, 0.15) is 6.04 Å². The molecule has 0 radical (unpaired) electrons. The van der Waals surface area contributed by atoms with E-state index in [2.05, 4.69) is 10.6 Å². The van der Waals surface area contributed by atoms with E-state index in [9.17, 15) is 9.59 Å². The first-order chi connectivity index (χ1) is 7.66. The predicted octanol–water partition coefficient (Wildman–Crippen LogP) is -0.349. The molecule has 2 amide bonds. The number of nitrogens with one attached hydrogen (secondary N) is 2. The Balaban J connectivity index is 1.84. The van der Waals surface area contributed by atoms with E-state index in [-0.39, 0.29) is 29.9 Å². The van der Waals surface area contributed by atoms with Crippen molar-refractivity contribution in [3.05, 3.63) is 0 Å². The van der Waals surface area contributed by atoms with Gasteiger partial charge in [-0.2, -0.15) is 0 Å². The molecule has 0 aromatic heterocycles. The molecule has 1 heterocycles. The quantitative estimate of drug-likeness (QED) is 0.600. The molecule has 2 rings (SSSR count). The van der Waals surface area contributed by atoms with Crippen LogP contribution in [0.4, 0.5) is 0 Å². The van der Waals surface area contributed by atoms with Crippen molar-refractivity contribution in [1.29, 1.82) is 0 Å². The number of hydrogen-bond donors (Lipinski definition) is 3.